The Hall–Kier alpha value is -2.94. The molecule has 0 saturated carbocycles. The lowest BCUT2D eigenvalue weighted by Gasteiger charge is -2.07. The second kappa shape index (κ2) is 6.88. The zero-order valence-corrected chi connectivity index (χ0v) is 12.9. The summed E-state index contributed by atoms with van der Waals surface area (Å²) in [5, 5.41) is 0. The Kier molecular flexibility index (Phi) is 4.48. The van der Waals surface area contributed by atoms with Gasteiger partial charge in [0.25, 0.3) is 0 Å². The maximum absolute atomic E-state index is 10.9. The second-order valence-electron chi connectivity index (χ2n) is 5.35. The van der Waals surface area contributed by atoms with E-state index in [1.807, 2.05) is 67.6 Å². The van der Waals surface area contributed by atoms with Crippen molar-refractivity contribution >= 4 is 6.29 Å². The number of rotatable bonds is 5. The lowest BCUT2D eigenvalue weighted by molar-refractivity contribution is 0.112. The van der Waals surface area contributed by atoms with Crippen molar-refractivity contribution in [2.75, 3.05) is 0 Å². The standard InChI is InChI=1S/C20H17NO2/c1-15-11-17(7-8-19(15)13-22)18-9-10-20(21-12-18)23-14-16-5-3-2-4-6-16/h2-13H,14H2,1H3. The van der Waals surface area contributed by atoms with Gasteiger partial charge in [-0.3, -0.25) is 4.79 Å². The third kappa shape index (κ3) is 3.64. The van der Waals surface area contributed by atoms with Gasteiger partial charge in [0.2, 0.25) is 5.88 Å². The number of benzene rings is 2. The molecule has 3 nitrogen and oxygen atoms in total. The minimum atomic E-state index is 0.500. The Morgan fingerprint density at radius 1 is 1.00 bits per heavy atom. The van der Waals surface area contributed by atoms with Crippen LogP contribution in [0.1, 0.15) is 21.5 Å². The molecule has 0 N–H and O–H groups in total. The number of nitrogens with zero attached hydrogens (tertiary/aromatic N) is 1. The van der Waals surface area contributed by atoms with Crippen molar-refractivity contribution in [3.63, 3.8) is 0 Å². The first-order valence-corrected chi connectivity index (χ1v) is 7.45. The summed E-state index contributed by atoms with van der Waals surface area (Å²) in [5.41, 5.74) is 4.82. The van der Waals surface area contributed by atoms with Crippen LogP contribution in [0.2, 0.25) is 0 Å². The monoisotopic (exact) mass is 303 g/mol. The van der Waals surface area contributed by atoms with Crippen LogP contribution < -0.4 is 4.74 Å². The lowest BCUT2D eigenvalue weighted by atomic mass is 10.0. The van der Waals surface area contributed by atoms with Crippen molar-refractivity contribution in [3.8, 4) is 17.0 Å². The molecule has 23 heavy (non-hydrogen) atoms. The zero-order chi connectivity index (χ0) is 16.1. The van der Waals surface area contributed by atoms with Crippen LogP contribution in [0.3, 0.4) is 0 Å². The summed E-state index contributed by atoms with van der Waals surface area (Å²) in [4.78, 5) is 15.2. The van der Waals surface area contributed by atoms with Crippen LogP contribution in [0, 0.1) is 6.92 Å². The molecule has 0 fully saturated rings. The number of hydrogen-bond donors (Lipinski definition) is 0. The fourth-order valence-corrected chi connectivity index (χ4v) is 2.36. The molecule has 0 radical (unpaired) electrons. The third-order valence-corrected chi connectivity index (χ3v) is 3.70. The van der Waals surface area contributed by atoms with Crippen LogP contribution in [-0.4, -0.2) is 11.3 Å². The maximum Gasteiger partial charge on any atom is 0.213 e. The van der Waals surface area contributed by atoms with Crippen molar-refractivity contribution in [3.05, 3.63) is 83.6 Å². The highest BCUT2D eigenvalue weighted by molar-refractivity contribution is 5.79. The summed E-state index contributed by atoms with van der Waals surface area (Å²) in [7, 11) is 0. The summed E-state index contributed by atoms with van der Waals surface area (Å²) < 4.78 is 5.69. The van der Waals surface area contributed by atoms with E-state index in [4.69, 9.17) is 4.74 Å². The van der Waals surface area contributed by atoms with E-state index < -0.39 is 0 Å². The highest BCUT2D eigenvalue weighted by atomic mass is 16.5. The molecule has 3 aromatic rings. The second-order valence-corrected chi connectivity index (χ2v) is 5.35. The van der Waals surface area contributed by atoms with Gasteiger partial charge in [-0.1, -0.05) is 48.5 Å². The van der Waals surface area contributed by atoms with E-state index in [2.05, 4.69) is 4.98 Å². The number of carbonyl (C=O) groups is 1. The van der Waals surface area contributed by atoms with Crippen LogP contribution in [0.25, 0.3) is 11.1 Å². The number of carbonyl (C=O) groups excluding carboxylic acids is 1. The Labute approximate surface area is 135 Å². The van der Waals surface area contributed by atoms with E-state index in [0.29, 0.717) is 18.1 Å². The van der Waals surface area contributed by atoms with Crippen LogP contribution >= 0.6 is 0 Å². The molecule has 1 heterocycles. The molecule has 0 aliphatic rings. The highest BCUT2D eigenvalue weighted by Crippen LogP contribution is 2.23. The molecule has 3 rings (SSSR count). The number of pyridine rings is 1. The molecule has 0 saturated heterocycles. The van der Waals surface area contributed by atoms with E-state index in [-0.39, 0.29) is 0 Å². The predicted octanol–water partition coefficient (Wildman–Crippen LogP) is 4.45. The van der Waals surface area contributed by atoms with Crippen molar-refractivity contribution in [1.82, 2.24) is 4.98 Å². The molecule has 0 unspecified atom stereocenters. The normalized spacial score (nSPS) is 10.3. The minimum Gasteiger partial charge on any atom is -0.473 e. The third-order valence-electron chi connectivity index (χ3n) is 3.70. The molecule has 0 aliphatic heterocycles. The molecular formula is C20H17NO2. The predicted molar refractivity (Wildman–Crippen MR) is 90.6 cm³/mol. The number of ether oxygens (including phenoxy) is 1. The Balaban J connectivity index is 1.72. The largest absolute Gasteiger partial charge is 0.473 e. The summed E-state index contributed by atoms with van der Waals surface area (Å²) in [6.45, 7) is 2.43. The quantitative estimate of drug-likeness (QED) is 0.654. The van der Waals surface area contributed by atoms with E-state index in [1.54, 1.807) is 6.20 Å². The van der Waals surface area contributed by atoms with Crippen molar-refractivity contribution in [2.45, 2.75) is 13.5 Å². The van der Waals surface area contributed by atoms with Gasteiger partial charge in [0, 0.05) is 23.4 Å². The first-order valence-electron chi connectivity index (χ1n) is 7.45. The molecule has 0 bridgehead atoms. The lowest BCUT2D eigenvalue weighted by Crippen LogP contribution is -1.96. The average Bonchev–Trinajstić information content (AvgIpc) is 2.61. The van der Waals surface area contributed by atoms with Crippen LogP contribution in [0.4, 0.5) is 0 Å². The molecule has 114 valence electrons. The first-order chi connectivity index (χ1) is 11.3. The number of aromatic nitrogens is 1. The molecular weight excluding hydrogens is 286 g/mol. The van der Waals surface area contributed by atoms with E-state index in [0.717, 1.165) is 28.5 Å². The van der Waals surface area contributed by atoms with E-state index in [1.165, 1.54) is 0 Å². The molecule has 0 amide bonds. The van der Waals surface area contributed by atoms with E-state index >= 15 is 0 Å². The highest BCUT2D eigenvalue weighted by Gasteiger charge is 2.03. The minimum absolute atomic E-state index is 0.500. The van der Waals surface area contributed by atoms with Gasteiger partial charge in [0.05, 0.1) is 0 Å². The van der Waals surface area contributed by atoms with Crippen LogP contribution in [0.5, 0.6) is 5.88 Å². The van der Waals surface area contributed by atoms with Gasteiger partial charge >= 0.3 is 0 Å². The number of hydrogen-bond acceptors (Lipinski definition) is 3. The van der Waals surface area contributed by atoms with Gasteiger partial charge in [0.15, 0.2) is 0 Å². The fraction of sp³-hybridized carbons (Fsp3) is 0.100. The summed E-state index contributed by atoms with van der Waals surface area (Å²) in [6.07, 6.45) is 2.66. The molecule has 0 atom stereocenters. The van der Waals surface area contributed by atoms with Crippen LogP contribution in [0.15, 0.2) is 66.9 Å². The summed E-state index contributed by atoms with van der Waals surface area (Å²) >= 11 is 0. The van der Waals surface area contributed by atoms with E-state index in [9.17, 15) is 4.79 Å². The number of aldehydes is 1. The van der Waals surface area contributed by atoms with Gasteiger partial charge < -0.3 is 4.74 Å². The Bertz CT molecular complexity index is 796. The Morgan fingerprint density at radius 3 is 2.43 bits per heavy atom. The first kappa shape index (κ1) is 15.0. The summed E-state index contributed by atoms with van der Waals surface area (Å²) in [6, 6.07) is 19.6. The molecule has 0 spiro atoms. The van der Waals surface area contributed by atoms with Gasteiger partial charge in [-0.15, -0.1) is 0 Å². The smallest absolute Gasteiger partial charge is 0.213 e. The maximum atomic E-state index is 10.9. The molecule has 3 heteroatoms. The molecule has 1 aromatic heterocycles. The SMILES string of the molecule is Cc1cc(-c2ccc(OCc3ccccc3)nc2)ccc1C=O. The Morgan fingerprint density at radius 2 is 1.78 bits per heavy atom. The van der Waals surface area contributed by atoms with Gasteiger partial charge in [-0.2, -0.15) is 0 Å². The van der Waals surface area contributed by atoms with Crippen LogP contribution in [-0.2, 0) is 6.61 Å². The van der Waals surface area contributed by atoms with Gasteiger partial charge in [0.1, 0.15) is 12.9 Å². The topological polar surface area (TPSA) is 39.2 Å². The zero-order valence-electron chi connectivity index (χ0n) is 12.9. The molecule has 2 aromatic carbocycles. The van der Waals surface area contributed by atoms with Crippen molar-refractivity contribution < 1.29 is 9.53 Å². The van der Waals surface area contributed by atoms with Gasteiger partial charge in [-0.25, -0.2) is 4.98 Å². The number of aryl methyl sites for hydroxylation is 1. The summed E-state index contributed by atoms with van der Waals surface area (Å²) in [5.74, 6) is 0.596. The fourth-order valence-electron chi connectivity index (χ4n) is 2.36. The molecule has 0 aliphatic carbocycles. The van der Waals surface area contributed by atoms with Gasteiger partial charge in [-0.05, 0) is 29.7 Å². The van der Waals surface area contributed by atoms with Crippen molar-refractivity contribution in [1.29, 1.82) is 0 Å². The van der Waals surface area contributed by atoms with Crippen molar-refractivity contribution in [2.24, 2.45) is 0 Å². The average molecular weight is 303 g/mol.